The number of unbranched alkanes of at least 4 members (excludes halogenated alkanes) is 2. The number of halogens is 4. The van der Waals surface area contributed by atoms with Crippen molar-refractivity contribution in [2.45, 2.75) is 46.0 Å². The van der Waals surface area contributed by atoms with Crippen LogP contribution in [0, 0.1) is 0 Å². The van der Waals surface area contributed by atoms with Crippen molar-refractivity contribution in [3.05, 3.63) is 30.6 Å². The van der Waals surface area contributed by atoms with Gasteiger partial charge in [-0.05, 0) is 12.8 Å². The Balaban J connectivity index is 0.000000368. The van der Waals surface area contributed by atoms with E-state index >= 15 is 0 Å². The normalized spacial score (nSPS) is 13.3. The number of aromatic nitrogens is 2. The Hall–Kier alpha value is -1.67. The first-order valence-corrected chi connectivity index (χ1v) is 8.63. The maximum absolute atomic E-state index is 9.75. The molecule has 0 radical (unpaired) electrons. The molecule has 4 nitrogen and oxygen atoms in total. The molecule has 0 fully saturated rings. The first-order chi connectivity index (χ1) is 11.7. The number of nitrogens with zero attached hydrogens (tertiary/aromatic N) is 4. The minimum Gasteiger partial charge on any atom is -0.418 e. The van der Waals surface area contributed by atoms with E-state index in [1.165, 1.54) is 38.1 Å². The Labute approximate surface area is 148 Å². The molecular weight excluding hydrogens is 335 g/mol. The van der Waals surface area contributed by atoms with Crippen LogP contribution in [0.3, 0.4) is 0 Å². The van der Waals surface area contributed by atoms with Crippen molar-refractivity contribution in [1.29, 1.82) is 0 Å². The van der Waals surface area contributed by atoms with Crippen LogP contribution in [0.5, 0.6) is 0 Å². The lowest BCUT2D eigenvalue weighted by Crippen LogP contribution is -2.23. The van der Waals surface area contributed by atoms with E-state index in [0.29, 0.717) is 0 Å². The molecule has 9 heteroatoms. The summed E-state index contributed by atoms with van der Waals surface area (Å²) in [5.41, 5.74) is 0. The van der Waals surface area contributed by atoms with Gasteiger partial charge in [-0.25, -0.2) is 4.98 Å². The van der Waals surface area contributed by atoms with Crippen molar-refractivity contribution in [1.82, 2.24) is 19.4 Å². The van der Waals surface area contributed by atoms with Crippen molar-refractivity contribution in [2.24, 2.45) is 7.05 Å². The lowest BCUT2D eigenvalue weighted by atomic mass is 10.2. The number of rotatable bonds is 6. The van der Waals surface area contributed by atoms with Crippen molar-refractivity contribution in [3.63, 3.8) is 0 Å². The van der Waals surface area contributed by atoms with Gasteiger partial charge in [0.05, 0.1) is 6.67 Å². The van der Waals surface area contributed by atoms with Crippen LogP contribution >= 0.6 is 0 Å². The van der Waals surface area contributed by atoms with Crippen LogP contribution < -0.4 is 0 Å². The SMILES string of the molecule is CCCCN1C=CN(C)C1.CCCCc1nccn1C.F[B-](F)(F)F. The predicted molar refractivity (Wildman–Crippen MR) is 95.4 cm³/mol. The van der Waals surface area contributed by atoms with Gasteiger partial charge in [-0.15, -0.1) is 0 Å². The molecule has 0 aliphatic carbocycles. The molecule has 1 aliphatic heterocycles. The number of hydrogen-bond acceptors (Lipinski definition) is 3. The second-order valence-electron chi connectivity index (χ2n) is 5.92. The van der Waals surface area contributed by atoms with Gasteiger partial charge in [0.1, 0.15) is 5.82 Å². The van der Waals surface area contributed by atoms with Crippen LogP contribution in [0.4, 0.5) is 17.3 Å². The summed E-state index contributed by atoms with van der Waals surface area (Å²) in [7, 11) is -1.86. The fourth-order valence-corrected chi connectivity index (χ4v) is 2.07. The maximum Gasteiger partial charge on any atom is 0.673 e. The highest BCUT2D eigenvalue weighted by atomic mass is 19.5. The summed E-state index contributed by atoms with van der Waals surface area (Å²) in [6.45, 7) is 6.70. The summed E-state index contributed by atoms with van der Waals surface area (Å²) in [5.74, 6) is 1.20. The number of aryl methyl sites for hydroxylation is 2. The minimum atomic E-state index is -6.00. The third kappa shape index (κ3) is 14.4. The van der Waals surface area contributed by atoms with Gasteiger partial charge in [0, 0.05) is 51.9 Å². The summed E-state index contributed by atoms with van der Waals surface area (Å²) < 4.78 is 41.1. The molecule has 0 aromatic carbocycles. The van der Waals surface area contributed by atoms with Crippen LogP contribution in [0.15, 0.2) is 24.8 Å². The first-order valence-electron chi connectivity index (χ1n) is 8.63. The highest BCUT2D eigenvalue weighted by Gasteiger charge is 2.20. The third-order valence-electron chi connectivity index (χ3n) is 3.41. The second kappa shape index (κ2) is 12.7. The van der Waals surface area contributed by atoms with Crippen LogP contribution in [-0.2, 0) is 13.5 Å². The van der Waals surface area contributed by atoms with E-state index < -0.39 is 7.25 Å². The standard InChI is InChI=1S/C8H16N2.C8H14N2.BF4/c1-3-4-5-10-7-6-9(2)8-10;1-3-4-5-8-9-6-7-10(8)2;2-1(3,4)5/h6-7H,3-5,8H2,1-2H3;6-7H,3-5H2,1-2H3;/q;;-1. The molecule has 25 heavy (non-hydrogen) atoms. The Morgan fingerprint density at radius 3 is 2.04 bits per heavy atom. The molecule has 2 heterocycles. The predicted octanol–water partition coefficient (Wildman–Crippen LogP) is 4.53. The lowest BCUT2D eigenvalue weighted by molar-refractivity contribution is 0.293. The van der Waals surface area contributed by atoms with Crippen molar-refractivity contribution >= 4 is 7.25 Å². The zero-order chi connectivity index (χ0) is 19.3. The average molecular weight is 365 g/mol. The van der Waals surface area contributed by atoms with E-state index in [0.717, 1.165) is 13.1 Å². The molecule has 0 unspecified atom stereocenters. The largest absolute Gasteiger partial charge is 0.673 e. The summed E-state index contributed by atoms with van der Waals surface area (Å²) in [4.78, 5) is 8.74. The molecule has 0 bridgehead atoms. The zero-order valence-corrected chi connectivity index (χ0v) is 15.6. The van der Waals surface area contributed by atoms with Gasteiger partial charge in [-0.1, -0.05) is 26.7 Å². The van der Waals surface area contributed by atoms with Crippen LogP contribution in [-0.4, -0.2) is 46.9 Å². The van der Waals surface area contributed by atoms with E-state index in [1.54, 1.807) is 0 Å². The fraction of sp³-hybridized carbons (Fsp3) is 0.688. The van der Waals surface area contributed by atoms with E-state index in [2.05, 4.69) is 52.6 Å². The monoisotopic (exact) mass is 365 g/mol. The maximum atomic E-state index is 9.75. The van der Waals surface area contributed by atoms with Crippen molar-refractivity contribution in [2.75, 3.05) is 20.3 Å². The quantitative estimate of drug-likeness (QED) is 0.547. The molecule has 0 saturated heterocycles. The topological polar surface area (TPSA) is 24.3 Å². The summed E-state index contributed by atoms with van der Waals surface area (Å²) >= 11 is 0. The van der Waals surface area contributed by atoms with Gasteiger partial charge < -0.3 is 31.6 Å². The van der Waals surface area contributed by atoms with Gasteiger partial charge in [0.15, 0.2) is 0 Å². The molecule has 0 atom stereocenters. The average Bonchev–Trinajstić information content (AvgIpc) is 3.10. The van der Waals surface area contributed by atoms with Gasteiger partial charge in [-0.2, -0.15) is 0 Å². The van der Waals surface area contributed by atoms with Crippen LogP contribution in [0.2, 0.25) is 0 Å². The third-order valence-corrected chi connectivity index (χ3v) is 3.41. The van der Waals surface area contributed by atoms with E-state index in [9.17, 15) is 17.3 Å². The lowest BCUT2D eigenvalue weighted by Gasteiger charge is -2.17. The summed E-state index contributed by atoms with van der Waals surface area (Å²) in [5, 5.41) is 0. The molecule has 1 aliphatic rings. The molecule has 0 saturated carbocycles. The first kappa shape index (κ1) is 23.3. The Morgan fingerprint density at radius 2 is 1.64 bits per heavy atom. The van der Waals surface area contributed by atoms with E-state index in [4.69, 9.17) is 0 Å². The van der Waals surface area contributed by atoms with Gasteiger partial charge in [-0.3, -0.25) is 0 Å². The van der Waals surface area contributed by atoms with Gasteiger partial charge in [0.2, 0.25) is 0 Å². The fourth-order valence-electron chi connectivity index (χ4n) is 2.07. The highest BCUT2D eigenvalue weighted by molar-refractivity contribution is 6.50. The van der Waals surface area contributed by atoms with Crippen molar-refractivity contribution < 1.29 is 17.3 Å². The smallest absolute Gasteiger partial charge is 0.418 e. The Bertz CT molecular complexity index is 471. The molecule has 2 rings (SSSR count). The summed E-state index contributed by atoms with van der Waals surface area (Å²) in [6, 6.07) is 0. The summed E-state index contributed by atoms with van der Waals surface area (Å²) in [6.07, 6.45) is 14.3. The number of hydrogen-bond donors (Lipinski definition) is 0. The Kier molecular flexibility index (Phi) is 11.8. The van der Waals surface area contributed by atoms with Crippen molar-refractivity contribution in [3.8, 4) is 0 Å². The molecule has 146 valence electrons. The molecule has 1 aromatic rings. The Morgan fingerprint density at radius 1 is 1.04 bits per heavy atom. The van der Waals surface area contributed by atoms with E-state index in [-0.39, 0.29) is 0 Å². The molecule has 1 aromatic heterocycles. The second-order valence-corrected chi connectivity index (χ2v) is 5.92. The highest BCUT2D eigenvalue weighted by Crippen LogP contribution is 2.06. The van der Waals surface area contributed by atoms with E-state index in [1.807, 2.05) is 19.4 Å². The molecule has 0 amide bonds. The van der Waals surface area contributed by atoms with Crippen LogP contribution in [0.1, 0.15) is 45.4 Å². The van der Waals surface area contributed by atoms with Gasteiger partial charge >= 0.3 is 7.25 Å². The molecular formula is C16H30BF4N4-. The van der Waals surface area contributed by atoms with Gasteiger partial charge in [0.25, 0.3) is 0 Å². The molecule has 0 spiro atoms. The minimum absolute atomic E-state index is 1.07. The molecule has 0 N–H and O–H groups in total. The zero-order valence-electron chi connectivity index (χ0n) is 15.6. The van der Waals surface area contributed by atoms with Crippen LogP contribution in [0.25, 0.3) is 0 Å². The number of imidazole rings is 1.